The van der Waals surface area contributed by atoms with Crippen LogP contribution in [0.15, 0.2) is 36.4 Å². The molecule has 0 unspecified atom stereocenters. The van der Waals surface area contributed by atoms with E-state index < -0.39 is 0 Å². The zero-order valence-electron chi connectivity index (χ0n) is 9.69. The largest absolute Gasteiger partial charge is 0.396 e. The van der Waals surface area contributed by atoms with Crippen LogP contribution in [-0.2, 0) is 6.54 Å². The predicted molar refractivity (Wildman–Crippen MR) is 66.1 cm³/mol. The van der Waals surface area contributed by atoms with Crippen LogP contribution in [0.4, 0.5) is 0 Å². The summed E-state index contributed by atoms with van der Waals surface area (Å²) in [7, 11) is 0. The van der Waals surface area contributed by atoms with E-state index in [2.05, 4.69) is 48.7 Å². The molecule has 1 aromatic rings. The van der Waals surface area contributed by atoms with Crippen LogP contribution in [0.5, 0.6) is 0 Å². The zero-order valence-corrected chi connectivity index (χ0v) is 9.69. The Labute approximate surface area is 97.0 Å². The van der Waals surface area contributed by atoms with Crippen molar-refractivity contribution in [3.63, 3.8) is 0 Å². The van der Waals surface area contributed by atoms with Gasteiger partial charge >= 0.3 is 0 Å². The summed E-state index contributed by atoms with van der Waals surface area (Å²) < 4.78 is 0. The normalized spacial score (nSPS) is 23.9. The van der Waals surface area contributed by atoms with Gasteiger partial charge in [0.25, 0.3) is 0 Å². The Morgan fingerprint density at radius 3 is 2.81 bits per heavy atom. The van der Waals surface area contributed by atoms with Crippen molar-refractivity contribution < 1.29 is 5.11 Å². The summed E-state index contributed by atoms with van der Waals surface area (Å²) in [6, 6.07) is 8.85. The van der Waals surface area contributed by atoms with Gasteiger partial charge in [-0.2, -0.15) is 0 Å². The number of rotatable bonds is 4. The molecular weight excluding hydrogens is 198 g/mol. The summed E-state index contributed by atoms with van der Waals surface area (Å²) in [5.74, 6) is 0.342. The minimum absolute atomic E-state index is 0.263. The maximum absolute atomic E-state index is 9.03. The number of hydrogen-bond acceptors (Lipinski definition) is 2. The maximum Gasteiger partial charge on any atom is 0.0494 e. The standard InChI is InChI=1S/C14H19NO/c1-11-4-2-3-5-13(11)9-15-14-7-6-12(8-14)10-16/h2-7,12,14-16H,8-10H2,1H3/t12-,14+/m0/s1. The van der Waals surface area contributed by atoms with Gasteiger partial charge in [0.15, 0.2) is 0 Å². The lowest BCUT2D eigenvalue weighted by Crippen LogP contribution is -2.26. The lowest BCUT2D eigenvalue weighted by Gasteiger charge is -2.13. The van der Waals surface area contributed by atoms with Gasteiger partial charge in [0.2, 0.25) is 0 Å². The predicted octanol–water partition coefficient (Wildman–Crippen LogP) is 2.02. The number of aryl methyl sites for hydroxylation is 1. The molecule has 86 valence electrons. The minimum Gasteiger partial charge on any atom is -0.396 e. The van der Waals surface area contributed by atoms with Crippen LogP contribution >= 0.6 is 0 Å². The molecule has 1 aliphatic rings. The molecule has 2 atom stereocenters. The number of nitrogens with one attached hydrogen (secondary N) is 1. The summed E-state index contributed by atoms with van der Waals surface area (Å²) in [6.45, 7) is 3.30. The van der Waals surface area contributed by atoms with Gasteiger partial charge in [0, 0.05) is 25.1 Å². The molecule has 0 bridgehead atoms. The van der Waals surface area contributed by atoms with E-state index in [9.17, 15) is 0 Å². The topological polar surface area (TPSA) is 32.3 Å². The van der Waals surface area contributed by atoms with Gasteiger partial charge in [-0.05, 0) is 24.5 Å². The monoisotopic (exact) mass is 217 g/mol. The van der Waals surface area contributed by atoms with Gasteiger partial charge in [0.05, 0.1) is 0 Å². The molecule has 0 aromatic heterocycles. The van der Waals surface area contributed by atoms with Crippen molar-refractivity contribution in [3.05, 3.63) is 47.5 Å². The van der Waals surface area contributed by atoms with E-state index >= 15 is 0 Å². The molecule has 1 aromatic carbocycles. The first-order valence-electron chi connectivity index (χ1n) is 5.86. The summed E-state index contributed by atoms with van der Waals surface area (Å²) in [5.41, 5.74) is 2.68. The highest BCUT2D eigenvalue weighted by molar-refractivity contribution is 5.25. The second-order valence-corrected chi connectivity index (χ2v) is 4.48. The summed E-state index contributed by atoms with van der Waals surface area (Å²) in [4.78, 5) is 0. The average Bonchev–Trinajstić information content (AvgIpc) is 2.76. The molecule has 0 aliphatic heterocycles. The molecule has 0 heterocycles. The molecule has 2 rings (SSSR count). The Hall–Kier alpha value is -1.12. The van der Waals surface area contributed by atoms with E-state index in [1.165, 1.54) is 11.1 Å². The number of benzene rings is 1. The van der Waals surface area contributed by atoms with Gasteiger partial charge in [-0.25, -0.2) is 0 Å². The fourth-order valence-corrected chi connectivity index (χ4v) is 2.11. The third-order valence-electron chi connectivity index (χ3n) is 3.22. The number of aliphatic hydroxyl groups is 1. The highest BCUT2D eigenvalue weighted by Gasteiger charge is 2.17. The number of aliphatic hydroxyl groups excluding tert-OH is 1. The molecule has 2 N–H and O–H groups in total. The molecule has 0 fully saturated rings. The van der Waals surface area contributed by atoms with E-state index in [1.807, 2.05) is 0 Å². The Morgan fingerprint density at radius 2 is 2.12 bits per heavy atom. The van der Waals surface area contributed by atoms with Crippen molar-refractivity contribution in [1.29, 1.82) is 0 Å². The van der Waals surface area contributed by atoms with Crippen molar-refractivity contribution in [2.45, 2.75) is 25.9 Å². The van der Waals surface area contributed by atoms with E-state index in [0.717, 1.165) is 13.0 Å². The summed E-state index contributed by atoms with van der Waals surface area (Å²) in [5, 5.41) is 12.5. The van der Waals surface area contributed by atoms with Crippen molar-refractivity contribution >= 4 is 0 Å². The van der Waals surface area contributed by atoms with Gasteiger partial charge in [-0.15, -0.1) is 0 Å². The fraction of sp³-hybridized carbons (Fsp3) is 0.429. The molecule has 0 amide bonds. The van der Waals surface area contributed by atoms with Crippen molar-refractivity contribution in [1.82, 2.24) is 5.32 Å². The number of hydrogen-bond donors (Lipinski definition) is 2. The Kier molecular flexibility index (Phi) is 3.75. The van der Waals surface area contributed by atoms with Crippen LogP contribution in [0.3, 0.4) is 0 Å². The van der Waals surface area contributed by atoms with Gasteiger partial charge < -0.3 is 10.4 Å². The zero-order chi connectivity index (χ0) is 11.4. The smallest absolute Gasteiger partial charge is 0.0494 e. The first-order valence-corrected chi connectivity index (χ1v) is 5.86. The van der Waals surface area contributed by atoms with Gasteiger partial charge in [-0.3, -0.25) is 0 Å². The third-order valence-corrected chi connectivity index (χ3v) is 3.22. The highest BCUT2D eigenvalue weighted by atomic mass is 16.3. The lowest BCUT2D eigenvalue weighted by atomic mass is 10.1. The second kappa shape index (κ2) is 5.28. The van der Waals surface area contributed by atoms with Crippen LogP contribution < -0.4 is 5.32 Å². The Balaban J connectivity index is 1.85. The molecule has 16 heavy (non-hydrogen) atoms. The molecule has 1 aliphatic carbocycles. The van der Waals surface area contributed by atoms with Crippen molar-refractivity contribution in [2.75, 3.05) is 6.61 Å². The minimum atomic E-state index is 0.263. The van der Waals surface area contributed by atoms with Crippen molar-refractivity contribution in [3.8, 4) is 0 Å². The Bertz CT molecular complexity index is 373. The van der Waals surface area contributed by atoms with Crippen molar-refractivity contribution in [2.24, 2.45) is 5.92 Å². The van der Waals surface area contributed by atoms with Crippen LogP contribution in [0.25, 0.3) is 0 Å². The molecule has 2 heteroatoms. The van der Waals surface area contributed by atoms with Crippen LogP contribution in [0.1, 0.15) is 17.5 Å². The average molecular weight is 217 g/mol. The fourth-order valence-electron chi connectivity index (χ4n) is 2.11. The van der Waals surface area contributed by atoms with E-state index in [-0.39, 0.29) is 6.61 Å². The molecule has 2 nitrogen and oxygen atoms in total. The van der Waals surface area contributed by atoms with Crippen LogP contribution in [0.2, 0.25) is 0 Å². The van der Waals surface area contributed by atoms with Crippen LogP contribution in [-0.4, -0.2) is 17.8 Å². The second-order valence-electron chi connectivity index (χ2n) is 4.48. The van der Waals surface area contributed by atoms with Gasteiger partial charge in [-0.1, -0.05) is 36.4 Å². The Morgan fingerprint density at radius 1 is 1.31 bits per heavy atom. The van der Waals surface area contributed by atoms with Crippen LogP contribution in [0, 0.1) is 12.8 Å². The maximum atomic E-state index is 9.03. The lowest BCUT2D eigenvalue weighted by molar-refractivity contribution is 0.246. The molecule has 0 saturated carbocycles. The first kappa shape index (κ1) is 11.4. The first-order chi connectivity index (χ1) is 7.79. The van der Waals surface area contributed by atoms with E-state index in [4.69, 9.17) is 5.11 Å². The molecule has 0 spiro atoms. The quantitative estimate of drug-likeness (QED) is 0.756. The molecule has 0 saturated heterocycles. The SMILES string of the molecule is Cc1ccccc1CN[C@@H]1C=C[C@H](CO)C1. The van der Waals surface area contributed by atoms with E-state index in [0.29, 0.717) is 12.0 Å². The highest BCUT2D eigenvalue weighted by Crippen LogP contribution is 2.17. The molecular formula is C14H19NO. The van der Waals surface area contributed by atoms with E-state index in [1.54, 1.807) is 0 Å². The third kappa shape index (κ3) is 2.71. The van der Waals surface area contributed by atoms with Gasteiger partial charge in [0.1, 0.15) is 0 Å². The summed E-state index contributed by atoms with van der Waals surface area (Å²) >= 11 is 0. The molecule has 0 radical (unpaired) electrons. The summed E-state index contributed by atoms with van der Waals surface area (Å²) in [6.07, 6.45) is 5.29.